The molecule has 3 rings (SSSR count). The Morgan fingerprint density at radius 1 is 1.48 bits per heavy atom. The van der Waals surface area contributed by atoms with Gasteiger partial charge in [0, 0.05) is 6.04 Å². The molecule has 0 aliphatic carbocycles. The molecule has 3 atom stereocenters. The van der Waals surface area contributed by atoms with Crippen LogP contribution in [-0.2, 0) is 4.79 Å². The number of thiazole rings is 1. The Hall–Kier alpha value is -1.46. The number of hydrogen-bond donors (Lipinski definition) is 2. The Morgan fingerprint density at radius 2 is 2.30 bits per heavy atom. The number of para-hydroxylation sites is 1. The van der Waals surface area contributed by atoms with Gasteiger partial charge in [0.1, 0.15) is 5.01 Å². The minimum absolute atomic E-state index is 0.180. The highest BCUT2D eigenvalue weighted by molar-refractivity contribution is 7.18. The Kier molecular flexibility index (Phi) is 5.28. The zero-order valence-electron chi connectivity index (χ0n) is 14.0. The number of carbonyl (C=O) groups excluding carboxylic acids is 1. The van der Waals surface area contributed by atoms with E-state index in [2.05, 4.69) is 37.4 Å². The molecule has 4 nitrogen and oxygen atoms in total. The lowest BCUT2D eigenvalue weighted by atomic mass is 9.99. The van der Waals surface area contributed by atoms with Crippen LogP contribution in [0.1, 0.15) is 44.0 Å². The Labute approximate surface area is 141 Å². The maximum Gasteiger partial charge on any atom is 0.275 e. The molecule has 2 heterocycles. The van der Waals surface area contributed by atoms with Gasteiger partial charge in [0.15, 0.2) is 6.54 Å². The lowest BCUT2D eigenvalue weighted by Crippen LogP contribution is -3.14. The third kappa shape index (κ3) is 4.09. The average molecular weight is 332 g/mol. The Balaban J connectivity index is 1.62. The van der Waals surface area contributed by atoms with E-state index in [-0.39, 0.29) is 11.9 Å². The predicted molar refractivity (Wildman–Crippen MR) is 95.1 cm³/mol. The molecule has 1 aliphatic heterocycles. The van der Waals surface area contributed by atoms with Crippen molar-refractivity contribution in [3.63, 3.8) is 0 Å². The standard InChI is InChI=1S/C18H25N3OS/c1-3-13(2)19-17(22)12-21-10-6-7-14(11-21)18-20-15-8-4-5-9-16(15)23-18/h4-5,8-9,13-14H,3,6-7,10-12H2,1-2H3,(H,19,22)/p+1/t13-,14-/m0/s1. The van der Waals surface area contributed by atoms with Gasteiger partial charge in [-0.15, -0.1) is 11.3 Å². The van der Waals surface area contributed by atoms with E-state index in [0.29, 0.717) is 12.5 Å². The van der Waals surface area contributed by atoms with Crippen molar-refractivity contribution in [2.45, 2.75) is 45.1 Å². The summed E-state index contributed by atoms with van der Waals surface area (Å²) in [6.45, 7) is 6.87. The van der Waals surface area contributed by atoms with Crippen LogP contribution in [0.4, 0.5) is 0 Å². The number of piperidine rings is 1. The molecule has 1 unspecified atom stereocenters. The molecule has 0 bridgehead atoms. The summed E-state index contributed by atoms with van der Waals surface area (Å²) in [5.41, 5.74) is 1.11. The number of likely N-dealkylation sites (tertiary alicyclic amines) is 1. The number of aromatic nitrogens is 1. The van der Waals surface area contributed by atoms with Crippen LogP contribution >= 0.6 is 11.3 Å². The van der Waals surface area contributed by atoms with Crippen LogP contribution in [0.2, 0.25) is 0 Å². The molecule has 1 aliphatic rings. The molecule has 2 aromatic rings. The lowest BCUT2D eigenvalue weighted by molar-refractivity contribution is -0.898. The Bertz CT molecular complexity index is 636. The largest absolute Gasteiger partial charge is 0.349 e. The molecule has 0 radical (unpaired) electrons. The number of hydrogen-bond acceptors (Lipinski definition) is 3. The van der Waals surface area contributed by atoms with Crippen LogP contribution in [0, 0.1) is 0 Å². The minimum atomic E-state index is 0.180. The topological polar surface area (TPSA) is 46.4 Å². The predicted octanol–water partition coefficient (Wildman–Crippen LogP) is 1.97. The van der Waals surface area contributed by atoms with E-state index in [1.165, 1.54) is 27.4 Å². The zero-order chi connectivity index (χ0) is 16.2. The number of benzene rings is 1. The van der Waals surface area contributed by atoms with Gasteiger partial charge in [0.05, 0.1) is 29.2 Å². The van der Waals surface area contributed by atoms with E-state index in [4.69, 9.17) is 4.98 Å². The SMILES string of the molecule is CC[C@H](C)NC(=O)C[NH+]1CCC[C@H](c2nc3ccccc3s2)C1. The number of carbonyl (C=O) groups is 1. The fourth-order valence-electron chi connectivity index (χ4n) is 3.24. The maximum atomic E-state index is 12.1. The van der Waals surface area contributed by atoms with Crippen molar-refractivity contribution in [3.8, 4) is 0 Å². The fraction of sp³-hybridized carbons (Fsp3) is 0.556. The monoisotopic (exact) mass is 332 g/mol. The summed E-state index contributed by atoms with van der Waals surface area (Å²) in [5, 5.41) is 4.32. The summed E-state index contributed by atoms with van der Waals surface area (Å²) in [7, 11) is 0. The van der Waals surface area contributed by atoms with Gasteiger partial charge in [-0.25, -0.2) is 4.98 Å². The summed E-state index contributed by atoms with van der Waals surface area (Å²) in [5.74, 6) is 0.673. The molecule has 23 heavy (non-hydrogen) atoms. The van der Waals surface area contributed by atoms with Crippen molar-refractivity contribution < 1.29 is 9.69 Å². The maximum absolute atomic E-state index is 12.1. The molecular formula is C18H26N3OS+. The molecule has 1 saturated heterocycles. The van der Waals surface area contributed by atoms with Gasteiger partial charge in [0.25, 0.3) is 5.91 Å². The number of rotatable bonds is 5. The van der Waals surface area contributed by atoms with Crippen LogP contribution in [-0.4, -0.2) is 36.6 Å². The Morgan fingerprint density at radius 3 is 3.09 bits per heavy atom. The second-order valence-corrected chi connectivity index (χ2v) is 7.68. The second kappa shape index (κ2) is 7.41. The number of amides is 1. The number of fused-ring (bicyclic) bond motifs is 1. The van der Waals surface area contributed by atoms with Crippen molar-refractivity contribution >= 4 is 27.5 Å². The molecule has 0 spiro atoms. The third-order valence-electron chi connectivity index (χ3n) is 4.71. The highest BCUT2D eigenvalue weighted by Gasteiger charge is 2.28. The summed E-state index contributed by atoms with van der Waals surface area (Å²) in [4.78, 5) is 18.3. The molecule has 1 fully saturated rings. The van der Waals surface area contributed by atoms with Gasteiger partial charge in [-0.2, -0.15) is 0 Å². The van der Waals surface area contributed by atoms with Crippen molar-refractivity contribution in [1.29, 1.82) is 0 Å². The first-order valence-electron chi connectivity index (χ1n) is 8.64. The highest BCUT2D eigenvalue weighted by Crippen LogP contribution is 2.30. The average Bonchev–Trinajstić information content (AvgIpc) is 2.99. The molecular weight excluding hydrogens is 306 g/mol. The molecule has 2 N–H and O–H groups in total. The van der Waals surface area contributed by atoms with Gasteiger partial charge < -0.3 is 10.2 Å². The first kappa shape index (κ1) is 16.4. The minimum Gasteiger partial charge on any atom is -0.349 e. The van der Waals surface area contributed by atoms with Crippen LogP contribution in [0.5, 0.6) is 0 Å². The zero-order valence-corrected chi connectivity index (χ0v) is 14.8. The van der Waals surface area contributed by atoms with E-state index >= 15 is 0 Å². The number of nitrogens with zero attached hydrogens (tertiary/aromatic N) is 1. The van der Waals surface area contributed by atoms with E-state index in [1.807, 2.05) is 17.4 Å². The second-order valence-electron chi connectivity index (χ2n) is 6.62. The lowest BCUT2D eigenvalue weighted by Gasteiger charge is -2.28. The molecule has 1 aromatic heterocycles. The van der Waals surface area contributed by atoms with Gasteiger partial charge in [-0.1, -0.05) is 19.1 Å². The molecule has 124 valence electrons. The van der Waals surface area contributed by atoms with Gasteiger partial charge in [-0.3, -0.25) is 4.79 Å². The smallest absolute Gasteiger partial charge is 0.275 e. The van der Waals surface area contributed by atoms with E-state index in [0.717, 1.165) is 25.0 Å². The van der Waals surface area contributed by atoms with Gasteiger partial charge in [-0.05, 0) is 38.3 Å². The summed E-state index contributed by atoms with van der Waals surface area (Å²) in [6, 6.07) is 8.61. The normalized spacial score (nSPS) is 22.9. The first-order chi connectivity index (χ1) is 11.2. The first-order valence-corrected chi connectivity index (χ1v) is 9.45. The van der Waals surface area contributed by atoms with Crippen molar-refractivity contribution in [2.24, 2.45) is 0 Å². The number of quaternary nitrogens is 1. The van der Waals surface area contributed by atoms with Crippen LogP contribution in [0.3, 0.4) is 0 Å². The molecule has 5 heteroatoms. The summed E-state index contributed by atoms with van der Waals surface area (Å²) < 4.78 is 1.27. The van der Waals surface area contributed by atoms with E-state index < -0.39 is 0 Å². The summed E-state index contributed by atoms with van der Waals surface area (Å²) in [6.07, 6.45) is 3.35. The third-order valence-corrected chi connectivity index (χ3v) is 5.91. The molecule has 1 amide bonds. The van der Waals surface area contributed by atoms with Crippen LogP contribution < -0.4 is 10.2 Å². The molecule has 0 saturated carbocycles. The van der Waals surface area contributed by atoms with Gasteiger partial charge in [0.2, 0.25) is 0 Å². The van der Waals surface area contributed by atoms with E-state index in [1.54, 1.807) is 0 Å². The van der Waals surface area contributed by atoms with E-state index in [9.17, 15) is 4.79 Å². The van der Waals surface area contributed by atoms with Gasteiger partial charge >= 0.3 is 0 Å². The van der Waals surface area contributed by atoms with Crippen LogP contribution in [0.25, 0.3) is 10.2 Å². The quantitative estimate of drug-likeness (QED) is 0.879. The van der Waals surface area contributed by atoms with Crippen molar-refractivity contribution in [1.82, 2.24) is 10.3 Å². The fourth-order valence-corrected chi connectivity index (χ4v) is 4.34. The van der Waals surface area contributed by atoms with Crippen molar-refractivity contribution in [3.05, 3.63) is 29.3 Å². The number of nitrogens with one attached hydrogen (secondary N) is 2. The van der Waals surface area contributed by atoms with Crippen LogP contribution in [0.15, 0.2) is 24.3 Å². The molecule has 1 aromatic carbocycles. The highest BCUT2D eigenvalue weighted by atomic mass is 32.1. The van der Waals surface area contributed by atoms with Crippen molar-refractivity contribution in [2.75, 3.05) is 19.6 Å². The summed E-state index contributed by atoms with van der Waals surface area (Å²) >= 11 is 1.81.